The molecule has 0 aromatic carbocycles. The number of fused-ring (bicyclic) bond motifs is 1. The van der Waals surface area contributed by atoms with Crippen molar-refractivity contribution < 1.29 is 9.32 Å². The molecule has 0 amide bonds. The van der Waals surface area contributed by atoms with E-state index >= 15 is 0 Å². The Morgan fingerprint density at radius 1 is 1.39 bits per heavy atom. The summed E-state index contributed by atoms with van der Waals surface area (Å²) in [6, 6.07) is 0. The minimum Gasteiger partial charge on any atom is -0.344 e. The van der Waals surface area contributed by atoms with Crippen molar-refractivity contribution in [2.45, 2.75) is 39.2 Å². The highest BCUT2D eigenvalue weighted by atomic mass is 16.5. The number of carbonyl (C=O) groups excluding carboxylic acids is 1. The molecule has 0 fully saturated rings. The third-order valence-electron chi connectivity index (χ3n) is 3.26. The van der Waals surface area contributed by atoms with Gasteiger partial charge in [0.05, 0.1) is 0 Å². The molecule has 0 spiro atoms. The summed E-state index contributed by atoms with van der Waals surface area (Å²) in [4.78, 5) is 16.0. The second-order valence-electron chi connectivity index (χ2n) is 4.60. The first-order valence-electron chi connectivity index (χ1n) is 6.29. The summed E-state index contributed by atoms with van der Waals surface area (Å²) in [5.41, 5.74) is 2.00. The van der Waals surface area contributed by atoms with Crippen LogP contribution in [0.2, 0.25) is 0 Å². The Labute approximate surface area is 105 Å². The summed E-state index contributed by atoms with van der Waals surface area (Å²) in [6.45, 7) is 2.52. The van der Waals surface area contributed by atoms with E-state index < -0.39 is 0 Å². The summed E-state index contributed by atoms with van der Waals surface area (Å²) in [5, 5.41) is 3.86. The Morgan fingerprint density at radius 3 is 3.00 bits per heavy atom. The Kier molecular flexibility index (Phi) is 2.74. The topological polar surface area (TPSA) is 60.9 Å². The molecule has 2 aromatic rings. The molecule has 5 nitrogen and oxygen atoms in total. The van der Waals surface area contributed by atoms with Crippen LogP contribution in [0.1, 0.15) is 47.4 Å². The van der Waals surface area contributed by atoms with Gasteiger partial charge in [0.25, 0.3) is 0 Å². The molecule has 0 saturated carbocycles. The minimum atomic E-state index is 0.245. The van der Waals surface area contributed by atoms with E-state index in [4.69, 9.17) is 4.52 Å². The van der Waals surface area contributed by atoms with Crippen molar-refractivity contribution in [1.82, 2.24) is 14.7 Å². The van der Waals surface area contributed by atoms with Gasteiger partial charge in [-0.2, -0.15) is 4.98 Å². The SMILES string of the molecule is CCc1noc(Cn2cc3c(c2)C(=O)CCC3)n1. The molecule has 3 rings (SSSR count). The van der Waals surface area contributed by atoms with Crippen LogP contribution in [0.15, 0.2) is 16.9 Å². The van der Waals surface area contributed by atoms with Crippen molar-refractivity contribution >= 4 is 5.78 Å². The Bertz CT molecular complexity index is 583. The van der Waals surface area contributed by atoms with Crippen molar-refractivity contribution in [1.29, 1.82) is 0 Å². The Balaban J connectivity index is 1.83. The van der Waals surface area contributed by atoms with E-state index in [1.54, 1.807) is 0 Å². The maximum absolute atomic E-state index is 11.7. The highest BCUT2D eigenvalue weighted by Gasteiger charge is 2.19. The van der Waals surface area contributed by atoms with E-state index in [-0.39, 0.29) is 5.78 Å². The van der Waals surface area contributed by atoms with Gasteiger partial charge in [0.15, 0.2) is 11.6 Å². The van der Waals surface area contributed by atoms with Crippen LogP contribution in [0.3, 0.4) is 0 Å². The molecule has 0 aliphatic heterocycles. The van der Waals surface area contributed by atoms with Crippen LogP contribution in [-0.4, -0.2) is 20.5 Å². The predicted octanol–water partition coefficient (Wildman–Crippen LogP) is 2.00. The quantitative estimate of drug-likeness (QED) is 0.829. The van der Waals surface area contributed by atoms with Crippen molar-refractivity contribution in [3.05, 3.63) is 35.2 Å². The first-order valence-corrected chi connectivity index (χ1v) is 6.29. The molecule has 0 unspecified atom stereocenters. The monoisotopic (exact) mass is 245 g/mol. The molecule has 94 valence electrons. The fraction of sp³-hybridized carbons (Fsp3) is 0.462. The van der Waals surface area contributed by atoms with Crippen LogP contribution in [-0.2, 0) is 19.4 Å². The van der Waals surface area contributed by atoms with E-state index in [0.717, 1.165) is 36.2 Å². The van der Waals surface area contributed by atoms with Gasteiger partial charge in [0.2, 0.25) is 5.89 Å². The van der Waals surface area contributed by atoms with Gasteiger partial charge in [0, 0.05) is 30.8 Å². The molecule has 0 atom stereocenters. The molecule has 0 N–H and O–H groups in total. The summed E-state index contributed by atoms with van der Waals surface area (Å²) >= 11 is 0. The second-order valence-corrected chi connectivity index (χ2v) is 4.60. The zero-order valence-electron chi connectivity index (χ0n) is 10.3. The largest absolute Gasteiger partial charge is 0.344 e. The first kappa shape index (κ1) is 11.2. The van der Waals surface area contributed by atoms with Crippen molar-refractivity contribution in [3.8, 4) is 0 Å². The highest BCUT2D eigenvalue weighted by Crippen LogP contribution is 2.22. The van der Waals surface area contributed by atoms with E-state index in [9.17, 15) is 4.79 Å². The lowest BCUT2D eigenvalue weighted by Gasteiger charge is -2.07. The number of nitrogens with zero attached hydrogens (tertiary/aromatic N) is 3. The minimum absolute atomic E-state index is 0.245. The second kappa shape index (κ2) is 4.40. The molecule has 2 aromatic heterocycles. The van der Waals surface area contributed by atoms with Crippen LogP contribution >= 0.6 is 0 Å². The van der Waals surface area contributed by atoms with Crippen LogP contribution in [0, 0.1) is 0 Å². The van der Waals surface area contributed by atoms with Crippen molar-refractivity contribution in [2.75, 3.05) is 0 Å². The molecule has 18 heavy (non-hydrogen) atoms. The number of Topliss-reactive ketones (excluding diaryl/α,β-unsaturated/α-hetero) is 1. The molecule has 2 heterocycles. The standard InChI is InChI=1S/C13H15N3O2/c1-2-12-14-13(18-15-12)8-16-6-9-4-3-5-11(17)10(9)7-16/h6-7H,2-5,8H2,1H3. The number of carbonyl (C=O) groups is 1. The number of ketones is 1. The normalized spacial score (nSPS) is 14.8. The van der Waals surface area contributed by atoms with Crippen LogP contribution < -0.4 is 0 Å². The van der Waals surface area contributed by atoms with Crippen molar-refractivity contribution in [3.63, 3.8) is 0 Å². The molecule has 0 bridgehead atoms. The third kappa shape index (κ3) is 1.96. The zero-order chi connectivity index (χ0) is 12.5. The molecule has 0 radical (unpaired) electrons. The van der Waals surface area contributed by atoms with Crippen molar-refractivity contribution in [2.24, 2.45) is 0 Å². The number of aryl methyl sites for hydroxylation is 2. The lowest BCUT2D eigenvalue weighted by atomic mass is 9.95. The molecule has 1 aliphatic rings. The van der Waals surface area contributed by atoms with Gasteiger partial charge in [0.1, 0.15) is 6.54 Å². The molecular weight excluding hydrogens is 230 g/mol. The van der Waals surface area contributed by atoms with E-state index in [2.05, 4.69) is 10.1 Å². The smallest absolute Gasteiger partial charge is 0.246 e. The van der Waals surface area contributed by atoms with Gasteiger partial charge in [-0.25, -0.2) is 0 Å². The maximum Gasteiger partial charge on any atom is 0.246 e. The van der Waals surface area contributed by atoms with Gasteiger partial charge in [-0.15, -0.1) is 0 Å². The van der Waals surface area contributed by atoms with Crippen LogP contribution in [0.4, 0.5) is 0 Å². The summed E-state index contributed by atoms with van der Waals surface area (Å²) < 4.78 is 7.11. The average molecular weight is 245 g/mol. The maximum atomic E-state index is 11.7. The number of aromatic nitrogens is 3. The fourth-order valence-electron chi connectivity index (χ4n) is 2.33. The molecular formula is C13H15N3O2. The molecule has 0 saturated heterocycles. The summed E-state index contributed by atoms with van der Waals surface area (Å²) in [5.74, 6) is 1.56. The summed E-state index contributed by atoms with van der Waals surface area (Å²) in [7, 11) is 0. The third-order valence-corrected chi connectivity index (χ3v) is 3.26. The first-order chi connectivity index (χ1) is 8.76. The Morgan fingerprint density at radius 2 is 2.28 bits per heavy atom. The Hall–Kier alpha value is -1.91. The van der Waals surface area contributed by atoms with Gasteiger partial charge >= 0.3 is 0 Å². The van der Waals surface area contributed by atoms with E-state index in [1.807, 2.05) is 23.9 Å². The zero-order valence-corrected chi connectivity index (χ0v) is 10.3. The van der Waals surface area contributed by atoms with E-state index in [0.29, 0.717) is 18.9 Å². The lowest BCUT2D eigenvalue weighted by Crippen LogP contribution is -2.07. The van der Waals surface area contributed by atoms with Gasteiger partial charge < -0.3 is 9.09 Å². The van der Waals surface area contributed by atoms with Crippen LogP contribution in [0.25, 0.3) is 0 Å². The highest BCUT2D eigenvalue weighted by molar-refractivity contribution is 5.98. The number of rotatable bonds is 3. The van der Waals surface area contributed by atoms with Gasteiger partial charge in [-0.3, -0.25) is 4.79 Å². The fourth-order valence-corrected chi connectivity index (χ4v) is 2.33. The average Bonchev–Trinajstić information content (AvgIpc) is 2.96. The lowest BCUT2D eigenvalue weighted by molar-refractivity contribution is 0.0973. The molecule has 1 aliphatic carbocycles. The number of hydrogen-bond donors (Lipinski definition) is 0. The van der Waals surface area contributed by atoms with Crippen LogP contribution in [0.5, 0.6) is 0 Å². The molecule has 5 heteroatoms. The van der Waals surface area contributed by atoms with Gasteiger partial charge in [-0.1, -0.05) is 12.1 Å². The summed E-state index contributed by atoms with van der Waals surface area (Å²) in [6.07, 6.45) is 7.28. The number of hydrogen-bond acceptors (Lipinski definition) is 4. The predicted molar refractivity (Wildman–Crippen MR) is 64.5 cm³/mol. The van der Waals surface area contributed by atoms with E-state index in [1.165, 1.54) is 0 Å². The van der Waals surface area contributed by atoms with Gasteiger partial charge in [-0.05, 0) is 18.4 Å².